The van der Waals surface area contributed by atoms with Crippen LogP contribution >= 0.6 is 0 Å². The van der Waals surface area contributed by atoms with E-state index in [1.54, 1.807) is 24.5 Å². The second kappa shape index (κ2) is 9.70. The molecule has 2 aromatic rings. The van der Waals surface area contributed by atoms with E-state index < -0.39 is 0 Å². The highest BCUT2D eigenvalue weighted by Gasteiger charge is 2.14. The summed E-state index contributed by atoms with van der Waals surface area (Å²) in [5.41, 5.74) is 2.84. The summed E-state index contributed by atoms with van der Waals surface area (Å²) < 4.78 is 0. The molecule has 0 fully saturated rings. The number of hydrogen-bond acceptors (Lipinski definition) is 3. The van der Waals surface area contributed by atoms with Crippen LogP contribution in [0.25, 0.3) is 0 Å². The SMILES string of the molecule is CC(C)Cc1ccc(C(C)C(=O)NCCNC(=O)c2ccncc2)cc1. The van der Waals surface area contributed by atoms with Crippen LogP contribution in [0.5, 0.6) is 0 Å². The molecule has 2 amide bonds. The second-order valence-electron chi connectivity index (χ2n) is 6.84. The van der Waals surface area contributed by atoms with Crippen LogP contribution in [0.2, 0.25) is 0 Å². The number of pyridine rings is 1. The van der Waals surface area contributed by atoms with Gasteiger partial charge in [0.1, 0.15) is 0 Å². The lowest BCUT2D eigenvalue weighted by Crippen LogP contribution is -2.36. The van der Waals surface area contributed by atoms with E-state index in [-0.39, 0.29) is 17.7 Å². The summed E-state index contributed by atoms with van der Waals surface area (Å²) in [5.74, 6) is 0.179. The van der Waals surface area contributed by atoms with Crippen LogP contribution in [0.3, 0.4) is 0 Å². The zero-order valence-corrected chi connectivity index (χ0v) is 15.7. The molecule has 2 rings (SSSR count). The van der Waals surface area contributed by atoms with E-state index in [0.717, 1.165) is 12.0 Å². The van der Waals surface area contributed by atoms with Gasteiger partial charge >= 0.3 is 0 Å². The van der Waals surface area contributed by atoms with Crippen LogP contribution in [0.15, 0.2) is 48.8 Å². The molecule has 0 aliphatic carbocycles. The van der Waals surface area contributed by atoms with Gasteiger partial charge in [-0.15, -0.1) is 0 Å². The van der Waals surface area contributed by atoms with E-state index >= 15 is 0 Å². The molecule has 1 atom stereocenters. The first-order valence-electron chi connectivity index (χ1n) is 9.02. The van der Waals surface area contributed by atoms with Crippen molar-refractivity contribution < 1.29 is 9.59 Å². The van der Waals surface area contributed by atoms with Crippen molar-refractivity contribution >= 4 is 11.8 Å². The van der Waals surface area contributed by atoms with Gasteiger partial charge < -0.3 is 10.6 Å². The molecule has 1 aromatic carbocycles. The van der Waals surface area contributed by atoms with Crippen LogP contribution in [-0.2, 0) is 11.2 Å². The fraction of sp³-hybridized carbons (Fsp3) is 0.381. The van der Waals surface area contributed by atoms with Crippen molar-refractivity contribution in [3.63, 3.8) is 0 Å². The summed E-state index contributed by atoms with van der Waals surface area (Å²) in [4.78, 5) is 28.1. The van der Waals surface area contributed by atoms with Crippen LogP contribution in [0, 0.1) is 5.92 Å². The van der Waals surface area contributed by atoms with Crippen molar-refractivity contribution in [3.8, 4) is 0 Å². The molecule has 0 aliphatic heterocycles. The Morgan fingerprint density at radius 2 is 1.54 bits per heavy atom. The minimum Gasteiger partial charge on any atom is -0.354 e. The fourth-order valence-electron chi connectivity index (χ4n) is 2.69. The van der Waals surface area contributed by atoms with E-state index in [1.807, 2.05) is 19.1 Å². The van der Waals surface area contributed by atoms with Gasteiger partial charge in [-0.3, -0.25) is 14.6 Å². The second-order valence-corrected chi connectivity index (χ2v) is 6.84. The maximum absolute atomic E-state index is 12.3. The molecular weight excluding hydrogens is 326 g/mol. The summed E-state index contributed by atoms with van der Waals surface area (Å²) in [6, 6.07) is 11.5. The first-order chi connectivity index (χ1) is 12.5. The first kappa shape index (κ1) is 19.6. The van der Waals surface area contributed by atoms with Crippen molar-refractivity contribution in [2.75, 3.05) is 13.1 Å². The van der Waals surface area contributed by atoms with Gasteiger partial charge in [0.25, 0.3) is 5.91 Å². The average Bonchev–Trinajstić information content (AvgIpc) is 2.65. The lowest BCUT2D eigenvalue weighted by Gasteiger charge is -2.14. The van der Waals surface area contributed by atoms with Crippen LogP contribution in [0.1, 0.15) is 48.2 Å². The first-order valence-corrected chi connectivity index (χ1v) is 9.02. The highest BCUT2D eigenvalue weighted by molar-refractivity contribution is 5.94. The molecule has 0 spiro atoms. The van der Waals surface area contributed by atoms with Gasteiger partial charge in [-0.2, -0.15) is 0 Å². The normalized spacial score (nSPS) is 11.8. The molecule has 138 valence electrons. The number of nitrogens with zero attached hydrogens (tertiary/aromatic N) is 1. The molecule has 0 saturated heterocycles. The zero-order valence-electron chi connectivity index (χ0n) is 15.7. The maximum atomic E-state index is 12.3. The van der Waals surface area contributed by atoms with Crippen molar-refractivity contribution in [2.45, 2.75) is 33.1 Å². The predicted octanol–water partition coefficient (Wildman–Crippen LogP) is 2.93. The number of aromatic nitrogens is 1. The van der Waals surface area contributed by atoms with Crippen LogP contribution in [-0.4, -0.2) is 29.9 Å². The molecule has 2 N–H and O–H groups in total. The molecule has 26 heavy (non-hydrogen) atoms. The number of benzene rings is 1. The predicted molar refractivity (Wildman–Crippen MR) is 103 cm³/mol. The Morgan fingerprint density at radius 1 is 0.923 bits per heavy atom. The quantitative estimate of drug-likeness (QED) is 0.717. The molecule has 0 radical (unpaired) electrons. The average molecular weight is 353 g/mol. The number of nitrogens with one attached hydrogen (secondary N) is 2. The molecule has 0 saturated carbocycles. The Hall–Kier alpha value is -2.69. The van der Waals surface area contributed by atoms with Gasteiger partial charge in [0.2, 0.25) is 5.91 Å². The minimum absolute atomic E-state index is 0.0419. The van der Waals surface area contributed by atoms with Gasteiger partial charge in [0.15, 0.2) is 0 Å². The standard InChI is InChI=1S/C21H27N3O2/c1-15(2)14-17-4-6-18(7-5-17)16(3)20(25)23-12-13-24-21(26)19-8-10-22-11-9-19/h4-11,15-16H,12-14H2,1-3H3,(H,23,25)(H,24,26). The maximum Gasteiger partial charge on any atom is 0.251 e. The minimum atomic E-state index is -0.223. The summed E-state index contributed by atoms with van der Waals surface area (Å²) in [7, 11) is 0. The highest BCUT2D eigenvalue weighted by atomic mass is 16.2. The van der Waals surface area contributed by atoms with Gasteiger partial charge in [-0.1, -0.05) is 38.1 Å². The molecule has 5 heteroatoms. The molecular formula is C21H27N3O2. The topological polar surface area (TPSA) is 71.1 Å². The molecule has 0 aliphatic rings. The lowest BCUT2D eigenvalue weighted by atomic mass is 9.96. The van der Waals surface area contributed by atoms with Crippen molar-refractivity contribution in [2.24, 2.45) is 5.92 Å². The fourth-order valence-corrected chi connectivity index (χ4v) is 2.69. The van der Waals surface area contributed by atoms with Crippen molar-refractivity contribution in [1.29, 1.82) is 0 Å². The summed E-state index contributed by atoms with van der Waals surface area (Å²) in [5, 5.41) is 5.65. The molecule has 0 bridgehead atoms. The summed E-state index contributed by atoms with van der Waals surface area (Å²) in [6.07, 6.45) is 4.19. The monoisotopic (exact) mass is 353 g/mol. The molecule has 1 unspecified atom stereocenters. The van der Waals surface area contributed by atoms with Crippen LogP contribution in [0.4, 0.5) is 0 Å². The van der Waals surface area contributed by atoms with Crippen molar-refractivity contribution in [1.82, 2.24) is 15.6 Å². The summed E-state index contributed by atoms with van der Waals surface area (Å²) in [6.45, 7) is 7.05. The van der Waals surface area contributed by atoms with Crippen LogP contribution < -0.4 is 10.6 Å². The molecule has 1 aromatic heterocycles. The summed E-state index contributed by atoms with van der Waals surface area (Å²) >= 11 is 0. The Kier molecular flexibility index (Phi) is 7.33. The van der Waals surface area contributed by atoms with E-state index in [1.165, 1.54) is 5.56 Å². The van der Waals surface area contributed by atoms with Gasteiger partial charge in [-0.25, -0.2) is 0 Å². The highest BCUT2D eigenvalue weighted by Crippen LogP contribution is 2.17. The number of carbonyl (C=O) groups is 2. The Balaban J connectivity index is 1.75. The third-order valence-corrected chi connectivity index (χ3v) is 4.17. The van der Waals surface area contributed by atoms with Gasteiger partial charge in [0.05, 0.1) is 5.92 Å². The smallest absolute Gasteiger partial charge is 0.251 e. The Labute approximate surface area is 155 Å². The number of amides is 2. The third kappa shape index (κ3) is 5.99. The Bertz CT molecular complexity index is 712. The van der Waals surface area contributed by atoms with Crippen molar-refractivity contribution in [3.05, 3.63) is 65.5 Å². The number of carbonyl (C=O) groups excluding carboxylic acids is 2. The third-order valence-electron chi connectivity index (χ3n) is 4.17. The van der Waals surface area contributed by atoms with Gasteiger partial charge in [-0.05, 0) is 42.5 Å². The largest absolute Gasteiger partial charge is 0.354 e. The van der Waals surface area contributed by atoms with E-state index in [0.29, 0.717) is 24.6 Å². The molecule has 1 heterocycles. The van der Waals surface area contributed by atoms with E-state index in [2.05, 4.69) is 41.6 Å². The molecule has 5 nitrogen and oxygen atoms in total. The number of hydrogen-bond donors (Lipinski definition) is 2. The Morgan fingerprint density at radius 3 is 2.15 bits per heavy atom. The van der Waals surface area contributed by atoms with E-state index in [4.69, 9.17) is 0 Å². The lowest BCUT2D eigenvalue weighted by molar-refractivity contribution is -0.122. The number of rotatable bonds is 8. The zero-order chi connectivity index (χ0) is 18.9. The van der Waals surface area contributed by atoms with Gasteiger partial charge in [0, 0.05) is 31.0 Å². The van der Waals surface area contributed by atoms with E-state index in [9.17, 15) is 9.59 Å².